The summed E-state index contributed by atoms with van der Waals surface area (Å²) in [7, 11) is 35.2. The van der Waals surface area contributed by atoms with E-state index in [0.717, 1.165) is 16.6 Å². The van der Waals surface area contributed by atoms with Gasteiger partial charge in [-0.25, -0.2) is 0 Å². The first kappa shape index (κ1) is 35.1. The molecular formula is C36H37B15O. The van der Waals surface area contributed by atoms with E-state index in [2.05, 4.69) is 160 Å². The number of hydrogen-bond donors (Lipinski definition) is 0. The van der Waals surface area contributed by atoms with Crippen LogP contribution >= 0.6 is 0 Å². The van der Waals surface area contributed by atoms with E-state index in [1.807, 2.05) is 0 Å². The van der Waals surface area contributed by atoms with Crippen molar-refractivity contribution < 1.29 is 4.42 Å². The van der Waals surface area contributed by atoms with Gasteiger partial charge in [0.1, 0.15) is 129 Å². The van der Waals surface area contributed by atoms with Gasteiger partial charge in [0.05, 0.1) is 0 Å². The van der Waals surface area contributed by atoms with Crippen molar-refractivity contribution in [3.8, 4) is 22.3 Å². The van der Waals surface area contributed by atoms with Gasteiger partial charge in [-0.1, -0.05) is 68.0 Å². The number of para-hydroxylation sites is 1. The van der Waals surface area contributed by atoms with E-state index in [1.165, 1.54) is 142 Å². The van der Waals surface area contributed by atoms with Crippen molar-refractivity contribution in [1.29, 1.82) is 0 Å². The van der Waals surface area contributed by atoms with Gasteiger partial charge >= 0.3 is 0 Å². The number of hydrogen-bond acceptors (Lipinski definition) is 1. The van der Waals surface area contributed by atoms with Crippen molar-refractivity contribution in [2.45, 2.75) is 0 Å². The molecule has 8 rings (SSSR count). The van der Waals surface area contributed by atoms with E-state index in [9.17, 15) is 0 Å². The Hall–Kier alpha value is -3.91. The smallest absolute Gasteiger partial charge is 0.139 e. The molecule has 0 atom stereocenters. The molecule has 0 saturated carbocycles. The van der Waals surface area contributed by atoms with Gasteiger partial charge in [0.25, 0.3) is 0 Å². The Bertz CT molecular complexity index is 2880. The molecule has 0 saturated heterocycles. The fourth-order valence-electron chi connectivity index (χ4n) is 9.80. The summed E-state index contributed by atoms with van der Waals surface area (Å²) in [5.41, 5.74) is 28.0. The third kappa shape index (κ3) is 4.51. The molecule has 8 aromatic rings. The lowest BCUT2D eigenvalue weighted by Gasteiger charge is -2.31. The molecule has 232 valence electrons. The van der Waals surface area contributed by atoms with Crippen LogP contribution in [0.5, 0.6) is 0 Å². The van der Waals surface area contributed by atoms with Crippen LogP contribution in [-0.2, 0) is 0 Å². The summed E-state index contributed by atoms with van der Waals surface area (Å²) < 4.78 is 6.56. The van der Waals surface area contributed by atoms with Crippen molar-refractivity contribution in [1.82, 2.24) is 0 Å². The van der Waals surface area contributed by atoms with Crippen molar-refractivity contribution in [2.24, 2.45) is 0 Å². The molecule has 0 aliphatic rings. The number of benzene rings is 7. The predicted octanol–water partition coefficient (Wildman–Crippen LogP) is -15.7. The molecule has 0 bridgehead atoms. The number of fused-ring (bicyclic) bond motifs is 6. The van der Waals surface area contributed by atoms with E-state index < -0.39 is 0 Å². The topological polar surface area (TPSA) is 13.1 Å². The van der Waals surface area contributed by atoms with Crippen molar-refractivity contribution in [3.63, 3.8) is 0 Å². The predicted molar refractivity (Wildman–Crippen MR) is 280 cm³/mol. The Kier molecular flexibility index (Phi) is 8.15. The number of furan rings is 1. The Balaban J connectivity index is 1.73. The fourth-order valence-corrected chi connectivity index (χ4v) is 9.80. The van der Waals surface area contributed by atoms with E-state index >= 15 is 0 Å². The van der Waals surface area contributed by atoms with Crippen LogP contribution in [0, 0.1) is 0 Å². The minimum Gasteiger partial charge on any atom is -0.456 e. The van der Waals surface area contributed by atoms with Gasteiger partial charge in [-0.2, -0.15) is 0 Å². The minimum atomic E-state index is 0.935. The van der Waals surface area contributed by atoms with Gasteiger partial charge in [-0.05, 0) is 72.8 Å². The van der Waals surface area contributed by atoms with Gasteiger partial charge in [-0.3, -0.25) is 0 Å². The number of rotatable bonds is 2. The molecule has 0 fully saturated rings. The first-order valence-corrected chi connectivity index (χ1v) is 19.0. The molecule has 0 unspecified atom stereocenters. The van der Waals surface area contributed by atoms with Crippen molar-refractivity contribution in [3.05, 3.63) is 42.5 Å². The fraction of sp³-hybridized carbons (Fsp3) is 0. The van der Waals surface area contributed by atoms with Crippen LogP contribution < -0.4 is 81.9 Å². The van der Waals surface area contributed by atoms with Gasteiger partial charge in [0, 0.05) is 10.8 Å². The van der Waals surface area contributed by atoms with E-state index in [4.69, 9.17) is 4.42 Å². The van der Waals surface area contributed by atoms with Crippen LogP contribution in [0.3, 0.4) is 0 Å². The second-order valence-corrected chi connectivity index (χ2v) is 16.1. The maximum Gasteiger partial charge on any atom is 0.139 e. The summed E-state index contributed by atoms with van der Waals surface area (Å²) in [6.45, 7) is 0. The standard InChI is InChI=1S/C36H37B15O/c37-22-15-13(8-5-6-10-9-3-1-2-4-11(9)52-12(10)7-8)16-18(26(41)34(49)32(47)23(16)38)14(17(15)25(40)33(48)31(22)46)19-20-21(28(43)30(45)24(19)39)29(44)36(51)35(50)27(20)42/h1-7H,37-51H2. The molecule has 0 amide bonds. The summed E-state index contributed by atoms with van der Waals surface area (Å²) in [4.78, 5) is 0. The van der Waals surface area contributed by atoms with Gasteiger partial charge < -0.3 is 4.42 Å². The summed E-state index contributed by atoms with van der Waals surface area (Å²) in [5, 5.41) is 10.7. The molecule has 1 nitrogen and oxygen atoms in total. The first-order chi connectivity index (χ1) is 24.6. The lowest BCUT2D eigenvalue weighted by Crippen LogP contribution is -2.53. The van der Waals surface area contributed by atoms with Crippen LogP contribution in [0.4, 0.5) is 0 Å². The summed E-state index contributed by atoms with van der Waals surface area (Å²) in [6, 6.07) is 15.4. The highest BCUT2D eigenvalue weighted by Crippen LogP contribution is 2.42. The zero-order chi connectivity index (χ0) is 37.4. The molecule has 7 aromatic carbocycles. The Morgan fingerprint density at radius 3 is 1.13 bits per heavy atom. The lowest BCUT2D eigenvalue weighted by molar-refractivity contribution is 0.669. The van der Waals surface area contributed by atoms with Gasteiger partial charge in [-0.15, -0.1) is 38.2 Å². The van der Waals surface area contributed by atoms with Gasteiger partial charge in [0.2, 0.25) is 0 Å². The van der Waals surface area contributed by atoms with E-state index in [0.29, 0.717) is 0 Å². The molecule has 0 aliphatic heterocycles. The maximum absolute atomic E-state index is 6.56. The van der Waals surface area contributed by atoms with Crippen molar-refractivity contribution >= 4 is 254 Å². The molecule has 0 N–H and O–H groups in total. The van der Waals surface area contributed by atoms with Crippen LogP contribution in [0.25, 0.3) is 76.5 Å². The molecule has 16 heteroatoms. The Morgan fingerprint density at radius 2 is 0.654 bits per heavy atom. The Morgan fingerprint density at radius 1 is 0.288 bits per heavy atom. The molecular weight excluding hydrogens is 611 g/mol. The Labute approximate surface area is 321 Å². The van der Waals surface area contributed by atoms with Gasteiger partial charge in [0.15, 0.2) is 0 Å². The zero-order valence-electron chi connectivity index (χ0n) is 33.9. The molecule has 1 heterocycles. The van der Waals surface area contributed by atoms with Crippen molar-refractivity contribution in [2.75, 3.05) is 0 Å². The highest BCUT2D eigenvalue weighted by Gasteiger charge is 2.28. The normalized spacial score (nSPS) is 11.8. The first-order valence-electron chi connectivity index (χ1n) is 19.0. The second-order valence-electron chi connectivity index (χ2n) is 16.1. The summed E-state index contributed by atoms with van der Waals surface area (Å²) >= 11 is 0. The zero-order valence-corrected chi connectivity index (χ0v) is 33.9. The van der Waals surface area contributed by atoms with Crippen LogP contribution in [0.1, 0.15) is 0 Å². The monoisotopic (exact) mass is 650 g/mol. The summed E-state index contributed by atoms with van der Waals surface area (Å²) in [5.74, 6) is 0. The third-order valence-electron chi connectivity index (χ3n) is 14.1. The van der Waals surface area contributed by atoms with E-state index in [-0.39, 0.29) is 0 Å². The maximum atomic E-state index is 6.56. The largest absolute Gasteiger partial charge is 0.456 e. The average Bonchev–Trinajstić information content (AvgIpc) is 3.51. The molecule has 0 aliphatic carbocycles. The van der Waals surface area contributed by atoms with Crippen LogP contribution in [-0.4, -0.2) is 118 Å². The highest BCUT2D eigenvalue weighted by atomic mass is 16.3. The quantitative estimate of drug-likeness (QED) is 0.134. The third-order valence-corrected chi connectivity index (χ3v) is 14.1. The SMILES string of the molecule is Bc1c(B)c(B)c2c(-c3c4c(B)c(B)c(B)c(B)c4c(-c4ccc5c(c4)oc4ccccc45)c4c(B)c(B)c(B)c(B)c34)c(B)c(B)c(B)c2c1B. The molecule has 0 spiro atoms. The lowest BCUT2D eigenvalue weighted by atomic mass is 9.56. The molecule has 1 aromatic heterocycles. The molecule has 0 radical (unpaired) electrons. The van der Waals surface area contributed by atoms with Crippen LogP contribution in [0.2, 0.25) is 0 Å². The molecule has 52 heavy (non-hydrogen) atoms. The average molecular weight is 648 g/mol. The van der Waals surface area contributed by atoms with Crippen LogP contribution in [0.15, 0.2) is 46.9 Å². The highest BCUT2D eigenvalue weighted by molar-refractivity contribution is 6.74. The second kappa shape index (κ2) is 12.1. The van der Waals surface area contributed by atoms with E-state index in [1.54, 1.807) is 0 Å². The summed E-state index contributed by atoms with van der Waals surface area (Å²) in [6.07, 6.45) is 0. The minimum absolute atomic E-state index is 0.935.